The number of amides is 1. The molecular weight excluding hydrogens is 421 g/mol. The highest BCUT2D eigenvalue weighted by atomic mass is 32.2. The van der Waals surface area contributed by atoms with Crippen molar-refractivity contribution in [2.45, 2.75) is 37.0 Å². The monoisotopic (exact) mass is 438 g/mol. The smallest absolute Gasteiger partial charge is 0.441 e. The van der Waals surface area contributed by atoms with Crippen LogP contribution in [0.5, 0.6) is 11.6 Å². The van der Waals surface area contributed by atoms with Crippen LogP contribution in [0.1, 0.15) is 28.0 Å². The zero-order valence-electron chi connectivity index (χ0n) is 15.6. The van der Waals surface area contributed by atoms with Crippen LogP contribution in [-0.4, -0.2) is 45.7 Å². The maximum absolute atomic E-state index is 12.6. The van der Waals surface area contributed by atoms with E-state index in [0.29, 0.717) is 30.7 Å². The minimum Gasteiger partial charge on any atom is -0.491 e. The minimum atomic E-state index is -4.30. The van der Waals surface area contributed by atoms with Crippen LogP contribution in [0.3, 0.4) is 0 Å². The lowest BCUT2D eigenvalue weighted by molar-refractivity contribution is -0.0334. The third kappa shape index (κ3) is 4.64. The first-order chi connectivity index (χ1) is 14.3. The highest BCUT2D eigenvalue weighted by Gasteiger charge is 2.32. The normalized spacial score (nSPS) is 20.2. The second kappa shape index (κ2) is 8.10. The van der Waals surface area contributed by atoms with Gasteiger partial charge in [0.15, 0.2) is 5.69 Å². The molecule has 0 saturated carbocycles. The van der Waals surface area contributed by atoms with E-state index in [9.17, 15) is 18.0 Å². The number of aryl methyl sites for hydroxylation is 1. The zero-order valence-corrected chi connectivity index (χ0v) is 16.4. The standard InChI is InChI=1S/C19H17F3N4O3S/c20-19(21,22)30-10-14-3-4-26-17(29-14)7-15(25-26)18(27)24-13-6-12-5-11(8-23)1-2-16(12)28-9-13/h1-2,5,7,13-14H,3-4,6,9-10H2,(H,24,27)/t13-,14-/m1/s1. The number of carbonyl (C=O) groups is 1. The first-order valence-corrected chi connectivity index (χ1v) is 10.2. The lowest BCUT2D eigenvalue weighted by atomic mass is 10.0. The second-order valence-electron chi connectivity index (χ2n) is 7.00. The number of nitrogens with zero attached hydrogens (tertiary/aromatic N) is 3. The van der Waals surface area contributed by atoms with Gasteiger partial charge in [0.25, 0.3) is 5.91 Å². The first-order valence-electron chi connectivity index (χ1n) is 9.22. The summed E-state index contributed by atoms with van der Waals surface area (Å²) in [5.74, 6) is 0.339. The van der Waals surface area contributed by atoms with Crippen molar-refractivity contribution >= 4 is 17.7 Å². The van der Waals surface area contributed by atoms with Gasteiger partial charge in [0.05, 0.1) is 17.7 Å². The largest absolute Gasteiger partial charge is 0.491 e. The summed E-state index contributed by atoms with van der Waals surface area (Å²) < 4.78 is 49.9. The number of nitriles is 1. The van der Waals surface area contributed by atoms with E-state index >= 15 is 0 Å². The zero-order chi connectivity index (χ0) is 21.3. The molecule has 0 saturated heterocycles. The number of hydrogen-bond donors (Lipinski definition) is 1. The molecule has 158 valence electrons. The van der Waals surface area contributed by atoms with Gasteiger partial charge in [-0.3, -0.25) is 4.79 Å². The summed E-state index contributed by atoms with van der Waals surface area (Å²) in [6.45, 7) is 0.661. The summed E-state index contributed by atoms with van der Waals surface area (Å²) in [5, 5.41) is 16.1. The SMILES string of the molecule is N#Cc1ccc2c(c1)C[C@@H](NC(=O)c1cc3n(n1)CC[C@H](CSC(F)(F)F)O3)CO2. The fourth-order valence-electron chi connectivity index (χ4n) is 3.38. The summed E-state index contributed by atoms with van der Waals surface area (Å²) in [6.07, 6.45) is 0.305. The Kier molecular flexibility index (Phi) is 5.51. The maximum Gasteiger partial charge on any atom is 0.441 e. The van der Waals surface area contributed by atoms with Crippen LogP contribution in [0.15, 0.2) is 24.3 Å². The van der Waals surface area contributed by atoms with E-state index in [1.807, 2.05) is 0 Å². The lowest BCUT2D eigenvalue weighted by Crippen LogP contribution is -2.42. The molecule has 0 radical (unpaired) electrons. The van der Waals surface area contributed by atoms with E-state index in [4.69, 9.17) is 14.7 Å². The van der Waals surface area contributed by atoms with Gasteiger partial charge in [0.1, 0.15) is 18.5 Å². The molecule has 0 fully saturated rings. The van der Waals surface area contributed by atoms with Gasteiger partial charge in [-0.25, -0.2) is 4.68 Å². The van der Waals surface area contributed by atoms with Gasteiger partial charge in [-0.1, -0.05) is 0 Å². The van der Waals surface area contributed by atoms with E-state index in [1.54, 1.807) is 18.2 Å². The van der Waals surface area contributed by atoms with Gasteiger partial charge >= 0.3 is 5.51 Å². The van der Waals surface area contributed by atoms with Crippen LogP contribution < -0.4 is 14.8 Å². The fourth-order valence-corrected chi connectivity index (χ4v) is 3.99. The number of fused-ring (bicyclic) bond motifs is 2. The third-order valence-electron chi connectivity index (χ3n) is 4.79. The van der Waals surface area contributed by atoms with E-state index in [0.717, 1.165) is 5.56 Å². The molecule has 0 bridgehead atoms. The number of ether oxygens (including phenoxy) is 2. The molecule has 1 N–H and O–H groups in total. The van der Waals surface area contributed by atoms with Crippen molar-refractivity contribution in [2.24, 2.45) is 0 Å². The summed E-state index contributed by atoms with van der Waals surface area (Å²) >= 11 is -0.120. The maximum atomic E-state index is 12.6. The Labute approximate surface area is 174 Å². The Morgan fingerprint density at radius 1 is 1.40 bits per heavy atom. The third-order valence-corrected chi connectivity index (χ3v) is 5.66. The van der Waals surface area contributed by atoms with Crippen LogP contribution in [0.4, 0.5) is 13.2 Å². The molecule has 0 aliphatic carbocycles. The molecule has 2 aliphatic heterocycles. The Balaban J connectivity index is 1.37. The number of carbonyl (C=O) groups excluding carboxylic acids is 1. The number of aromatic nitrogens is 2. The molecule has 2 aliphatic rings. The number of alkyl halides is 3. The summed E-state index contributed by atoms with van der Waals surface area (Å²) in [7, 11) is 0. The Hall–Kier alpha value is -2.87. The molecular formula is C19H17F3N4O3S. The molecule has 1 amide bonds. The molecule has 2 aromatic rings. The average Bonchev–Trinajstić information content (AvgIpc) is 3.15. The average molecular weight is 438 g/mol. The van der Waals surface area contributed by atoms with Gasteiger partial charge in [-0.05, 0) is 41.9 Å². The molecule has 3 heterocycles. The molecule has 30 heavy (non-hydrogen) atoms. The van der Waals surface area contributed by atoms with Crippen molar-refractivity contribution in [1.82, 2.24) is 15.1 Å². The van der Waals surface area contributed by atoms with Crippen molar-refractivity contribution in [3.05, 3.63) is 41.1 Å². The summed E-state index contributed by atoms with van der Waals surface area (Å²) in [4.78, 5) is 12.6. The van der Waals surface area contributed by atoms with Crippen LogP contribution in [-0.2, 0) is 13.0 Å². The van der Waals surface area contributed by atoms with Gasteiger partial charge < -0.3 is 14.8 Å². The number of benzene rings is 1. The van der Waals surface area contributed by atoms with Crippen molar-refractivity contribution in [3.63, 3.8) is 0 Å². The van der Waals surface area contributed by atoms with E-state index in [1.165, 1.54) is 10.7 Å². The fraction of sp³-hybridized carbons (Fsp3) is 0.421. The van der Waals surface area contributed by atoms with Crippen molar-refractivity contribution in [2.75, 3.05) is 12.4 Å². The Morgan fingerprint density at radius 3 is 3.00 bits per heavy atom. The molecule has 2 atom stereocenters. The number of nitrogens with one attached hydrogen (secondary N) is 1. The quantitative estimate of drug-likeness (QED) is 0.790. The van der Waals surface area contributed by atoms with Gasteiger partial charge in [-0.15, -0.1) is 0 Å². The van der Waals surface area contributed by atoms with Gasteiger partial charge in [0, 0.05) is 24.8 Å². The number of rotatable bonds is 4. The number of thioether (sulfide) groups is 1. The molecule has 1 aromatic carbocycles. The van der Waals surface area contributed by atoms with Gasteiger partial charge in [-0.2, -0.15) is 23.5 Å². The number of hydrogen-bond acceptors (Lipinski definition) is 6. The predicted octanol–water partition coefficient (Wildman–Crippen LogP) is 2.89. The Bertz CT molecular complexity index is 1000. The van der Waals surface area contributed by atoms with Crippen LogP contribution >= 0.6 is 11.8 Å². The van der Waals surface area contributed by atoms with Crippen molar-refractivity contribution in [3.8, 4) is 17.7 Å². The summed E-state index contributed by atoms with van der Waals surface area (Å²) in [5.41, 5.74) is -2.82. The number of halogens is 3. The van der Waals surface area contributed by atoms with Crippen molar-refractivity contribution < 1.29 is 27.4 Å². The second-order valence-corrected chi connectivity index (χ2v) is 8.08. The molecule has 0 unspecified atom stereocenters. The van der Waals surface area contributed by atoms with Crippen molar-refractivity contribution in [1.29, 1.82) is 5.26 Å². The molecule has 4 rings (SSSR count). The van der Waals surface area contributed by atoms with E-state index < -0.39 is 17.5 Å². The predicted molar refractivity (Wildman–Crippen MR) is 101 cm³/mol. The molecule has 1 aromatic heterocycles. The van der Waals surface area contributed by atoms with Gasteiger partial charge in [0.2, 0.25) is 5.88 Å². The molecule has 0 spiro atoms. The lowest BCUT2D eigenvalue weighted by Gasteiger charge is -2.25. The van der Waals surface area contributed by atoms with Crippen LogP contribution in [0.25, 0.3) is 0 Å². The molecule has 11 heteroatoms. The minimum absolute atomic E-state index is 0.120. The molecule has 7 nitrogen and oxygen atoms in total. The van der Waals surface area contributed by atoms with Crippen LogP contribution in [0, 0.1) is 11.3 Å². The highest BCUT2D eigenvalue weighted by Crippen LogP contribution is 2.33. The summed E-state index contributed by atoms with van der Waals surface area (Å²) in [6, 6.07) is 8.36. The first kappa shape index (κ1) is 20.4. The Morgan fingerprint density at radius 2 is 2.23 bits per heavy atom. The van der Waals surface area contributed by atoms with E-state index in [2.05, 4.69) is 16.5 Å². The highest BCUT2D eigenvalue weighted by molar-refractivity contribution is 8.00. The topological polar surface area (TPSA) is 89.2 Å². The van der Waals surface area contributed by atoms with Crippen LogP contribution in [0.2, 0.25) is 0 Å². The van der Waals surface area contributed by atoms with E-state index in [-0.39, 0.29) is 41.7 Å².